The fraction of sp³-hybridized carbons (Fsp3) is 0.625. The van der Waals surface area contributed by atoms with E-state index in [0.29, 0.717) is 6.54 Å². The highest BCUT2D eigenvalue weighted by Crippen LogP contribution is 2.37. The Labute approximate surface area is 125 Å². The minimum Gasteiger partial charge on any atom is -0.377 e. The second kappa shape index (κ2) is 6.27. The van der Waals surface area contributed by atoms with E-state index in [0.717, 1.165) is 10.4 Å². The SMILES string of the molecule is CCC1CCC(CN)(Nc2cc(C)ccc2Br)CC1. The van der Waals surface area contributed by atoms with Crippen LogP contribution in [0.3, 0.4) is 0 Å². The minimum absolute atomic E-state index is 0.0853. The monoisotopic (exact) mass is 324 g/mol. The van der Waals surface area contributed by atoms with Gasteiger partial charge in [-0.3, -0.25) is 0 Å². The molecule has 0 bridgehead atoms. The van der Waals surface area contributed by atoms with Crippen LogP contribution in [0.15, 0.2) is 22.7 Å². The predicted octanol–water partition coefficient (Wildman–Crippen LogP) is 4.47. The molecule has 19 heavy (non-hydrogen) atoms. The van der Waals surface area contributed by atoms with Gasteiger partial charge in [0.05, 0.1) is 0 Å². The molecule has 1 saturated carbocycles. The van der Waals surface area contributed by atoms with Crippen molar-refractivity contribution in [2.75, 3.05) is 11.9 Å². The van der Waals surface area contributed by atoms with Crippen LogP contribution in [-0.4, -0.2) is 12.1 Å². The largest absolute Gasteiger partial charge is 0.377 e. The lowest BCUT2D eigenvalue weighted by atomic mass is 9.75. The van der Waals surface area contributed by atoms with Gasteiger partial charge < -0.3 is 11.1 Å². The molecule has 0 aromatic heterocycles. The number of hydrogen-bond acceptors (Lipinski definition) is 2. The van der Waals surface area contributed by atoms with Crippen molar-refractivity contribution in [2.24, 2.45) is 11.7 Å². The van der Waals surface area contributed by atoms with Crippen LogP contribution in [-0.2, 0) is 0 Å². The van der Waals surface area contributed by atoms with E-state index in [4.69, 9.17) is 5.73 Å². The molecule has 0 atom stereocenters. The molecule has 2 nitrogen and oxygen atoms in total. The lowest BCUT2D eigenvalue weighted by Crippen LogP contribution is -2.48. The first-order valence-electron chi connectivity index (χ1n) is 7.33. The van der Waals surface area contributed by atoms with Gasteiger partial charge in [-0.05, 0) is 72.2 Å². The Hall–Kier alpha value is -0.540. The van der Waals surface area contributed by atoms with Gasteiger partial charge in [0.1, 0.15) is 0 Å². The molecule has 3 N–H and O–H groups in total. The smallest absolute Gasteiger partial charge is 0.0496 e. The summed E-state index contributed by atoms with van der Waals surface area (Å²) in [6.07, 6.45) is 6.26. The van der Waals surface area contributed by atoms with Crippen molar-refractivity contribution in [3.05, 3.63) is 28.2 Å². The lowest BCUT2D eigenvalue weighted by molar-refractivity contribution is 0.253. The molecule has 1 aliphatic rings. The maximum atomic E-state index is 6.08. The molecule has 0 unspecified atom stereocenters. The van der Waals surface area contributed by atoms with Gasteiger partial charge in [-0.2, -0.15) is 0 Å². The van der Waals surface area contributed by atoms with E-state index in [9.17, 15) is 0 Å². The van der Waals surface area contributed by atoms with Gasteiger partial charge in [-0.25, -0.2) is 0 Å². The first-order chi connectivity index (χ1) is 9.08. The molecule has 2 rings (SSSR count). The van der Waals surface area contributed by atoms with E-state index >= 15 is 0 Å². The number of aryl methyl sites for hydroxylation is 1. The van der Waals surface area contributed by atoms with E-state index in [-0.39, 0.29) is 5.54 Å². The third-order valence-corrected chi connectivity index (χ3v) is 5.24. The molecule has 106 valence electrons. The Balaban J connectivity index is 2.13. The van der Waals surface area contributed by atoms with E-state index < -0.39 is 0 Å². The minimum atomic E-state index is 0.0853. The number of rotatable bonds is 4. The average molecular weight is 325 g/mol. The van der Waals surface area contributed by atoms with E-state index in [2.05, 4.69) is 53.3 Å². The maximum Gasteiger partial charge on any atom is 0.0496 e. The highest BCUT2D eigenvalue weighted by atomic mass is 79.9. The summed E-state index contributed by atoms with van der Waals surface area (Å²) in [4.78, 5) is 0. The molecule has 0 heterocycles. The van der Waals surface area contributed by atoms with Gasteiger partial charge in [0.25, 0.3) is 0 Å². The number of nitrogens with one attached hydrogen (secondary N) is 1. The molecule has 0 spiro atoms. The van der Waals surface area contributed by atoms with Gasteiger partial charge in [-0.15, -0.1) is 0 Å². The Morgan fingerprint density at radius 1 is 1.37 bits per heavy atom. The number of nitrogens with two attached hydrogens (primary N) is 1. The lowest BCUT2D eigenvalue weighted by Gasteiger charge is -2.41. The first kappa shape index (κ1) is 14.9. The van der Waals surface area contributed by atoms with Crippen molar-refractivity contribution >= 4 is 21.6 Å². The molecule has 0 amide bonds. The van der Waals surface area contributed by atoms with Crippen LogP contribution in [0, 0.1) is 12.8 Å². The third kappa shape index (κ3) is 3.51. The normalized spacial score (nSPS) is 27.3. The molecule has 0 aliphatic heterocycles. The van der Waals surface area contributed by atoms with E-state index in [1.807, 2.05) is 0 Å². The Morgan fingerprint density at radius 2 is 2.05 bits per heavy atom. The van der Waals surface area contributed by atoms with Crippen LogP contribution >= 0.6 is 15.9 Å². The van der Waals surface area contributed by atoms with Gasteiger partial charge in [0.15, 0.2) is 0 Å². The van der Waals surface area contributed by atoms with Crippen molar-refractivity contribution in [1.82, 2.24) is 0 Å². The second-order valence-electron chi connectivity index (χ2n) is 5.94. The first-order valence-corrected chi connectivity index (χ1v) is 8.12. The highest BCUT2D eigenvalue weighted by Gasteiger charge is 2.33. The van der Waals surface area contributed by atoms with Crippen molar-refractivity contribution in [1.29, 1.82) is 0 Å². The maximum absolute atomic E-state index is 6.08. The summed E-state index contributed by atoms with van der Waals surface area (Å²) >= 11 is 3.63. The second-order valence-corrected chi connectivity index (χ2v) is 6.80. The summed E-state index contributed by atoms with van der Waals surface area (Å²) in [7, 11) is 0. The number of halogens is 1. The highest BCUT2D eigenvalue weighted by molar-refractivity contribution is 9.10. The molecule has 1 aromatic carbocycles. The average Bonchev–Trinajstić information content (AvgIpc) is 2.44. The molecule has 1 aliphatic carbocycles. The summed E-state index contributed by atoms with van der Waals surface area (Å²) in [6.45, 7) is 5.13. The van der Waals surface area contributed by atoms with Crippen molar-refractivity contribution in [3.63, 3.8) is 0 Å². The Kier molecular flexibility index (Phi) is 4.91. The molecule has 0 saturated heterocycles. The topological polar surface area (TPSA) is 38.0 Å². The molecular formula is C16H25BrN2. The van der Waals surface area contributed by atoms with Crippen molar-refractivity contribution in [2.45, 2.75) is 51.5 Å². The van der Waals surface area contributed by atoms with E-state index in [1.54, 1.807) is 0 Å². The van der Waals surface area contributed by atoms with E-state index in [1.165, 1.54) is 43.4 Å². The fourth-order valence-electron chi connectivity index (χ4n) is 3.04. The van der Waals surface area contributed by atoms with Crippen LogP contribution in [0.5, 0.6) is 0 Å². The number of benzene rings is 1. The van der Waals surface area contributed by atoms with Crippen LogP contribution < -0.4 is 11.1 Å². The quantitative estimate of drug-likeness (QED) is 0.857. The summed E-state index contributed by atoms with van der Waals surface area (Å²) in [5, 5.41) is 3.73. The molecule has 1 aromatic rings. The van der Waals surface area contributed by atoms with Crippen LogP contribution in [0.1, 0.15) is 44.6 Å². The zero-order valence-corrected chi connectivity index (χ0v) is 13.6. The Bertz CT molecular complexity index is 423. The third-order valence-electron chi connectivity index (χ3n) is 4.55. The summed E-state index contributed by atoms with van der Waals surface area (Å²) in [6, 6.07) is 6.44. The van der Waals surface area contributed by atoms with Gasteiger partial charge >= 0.3 is 0 Å². The summed E-state index contributed by atoms with van der Waals surface area (Å²) in [5.74, 6) is 0.891. The summed E-state index contributed by atoms with van der Waals surface area (Å²) in [5.41, 5.74) is 8.63. The Morgan fingerprint density at radius 3 is 2.63 bits per heavy atom. The molecular weight excluding hydrogens is 300 g/mol. The molecule has 3 heteroatoms. The zero-order chi connectivity index (χ0) is 13.9. The van der Waals surface area contributed by atoms with Gasteiger partial charge in [-0.1, -0.05) is 19.4 Å². The predicted molar refractivity (Wildman–Crippen MR) is 86.5 cm³/mol. The molecule has 1 fully saturated rings. The van der Waals surface area contributed by atoms with Gasteiger partial charge in [0, 0.05) is 22.2 Å². The van der Waals surface area contributed by atoms with Gasteiger partial charge in [0.2, 0.25) is 0 Å². The van der Waals surface area contributed by atoms with Crippen LogP contribution in [0.25, 0.3) is 0 Å². The zero-order valence-electron chi connectivity index (χ0n) is 12.0. The summed E-state index contributed by atoms with van der Waals surface area (Å²) < 4.78 is 1.13. The number of anilines is 1. The van der Waals surface area contributed by atoms with Crippen LogP contribution in [0.4, 0.5) is 5.69 Å². The number of hydrogen-bond donors (Lipinski definition) is 2. The van der Waals surface area contributed by atoms with Crippen molar-refractivity contribution < 1.29 is 0 Å². The fourth-order valence-corrected chi connectivity index (χ4v) is 3.38. The standard InChI is InChI=1S/C16H25BrN2/c1-3-13-6-8-16(11-18,9-7-13)19-15-10-12(2)4-5-14(15)17/h4-5,10,13,19H,3,6-9,11,18H2,1-2H3. The molecule has 0 radical (unpaired) electrons. The van der Waals surface area contributed by atoms with Crippen molar-refractivity contribution in [3.8, 4) is 0 Å². The van der Waals surface area contributed by atoms with Crippen LogP contribution in [0.2, 0.25) is 0 Å².